The Kier molecular flexibility index (Phi) is 9.73. The summed E-state index contributed by atoms with van der Waals surface area (Å²) in [5.41, 5.74) is 0. The third kappa shape index (κ3) is 8.69. The topological polar surface area (TPSA) is 77.0 Å². The number of nitrogens with one attached hydrogen (secondary N) is 2. The average molecular weight is 350 g/mol. The fourth-order valence-electron chi connectivity index (χ4n) is 2.54. The van der Waals surface area contributed by atoms with Crippen molar-refractivity contribution in [2.75, 3.05) is 53.2 Å². The molecule has 0 spiro atoms. The molecular weight excluding hydrogens is 320 g/mol. The predicted molar refractivity (Wildman–Crippen MR) is 98.1 cm³/mol. The molecule has 1 aromatic rings. The van der Waals surface area contributed by atoms with Gasteiger partial charge in [-0.1, -0.05) is 0 Å². The maximum Gasteiger partial charge on any atom is 0.191 e. The van der Waals surface area contributed by atoms with Crippen molar-refractivity contribution in [2.24, 2.45) is 10.9 Å². The van der Waals surface area contributed by atoms with Gasteiger partial charge in [0.15, 0.2) is 5.96 Å². The summed E-state index contributed by atoms with van der Waals surface area (Å²) in [4.78, 5) is 8.21. The zero-order valence-corrected chi connectivity index (χ0v) is 15.1. The minimum Gasteiger partial charge on any atom is -0.490 e. The van der Waals surface area contributed by atoms with Crippen LogP contribution >= 0.6 is 0 Å². The van der Waals surface area contributed by atoms with E-state index in [1.165, 1.54) is 0 Å². The van der Waals surface area contributed by atoms with E-state index in [1.54, 1.807) is 19.4 Å². The highest BCUT2D eigenvalue weighted by molar-refractivity contribution is 5.79. The van der Waals surface area contributed by atoms with Crippen molar-refractivity contribution in [2.45, 2.75) is 19.3 Å². The van der Waals surface area contributed by atoms with E-state index in [1.807, 2.05) is 12.1 Å². The maximum atomic E-state index is 5.75. The van der Waals surface area contributed by atoms with E-state index in [4.69, 9.17) is 14.2 Å². The summed E-state index contributed by atoms with van der Waals surface area (Å²) in [5, 5.41) is 6.50. The van der Waals surface area contributed by atoms with Gasteiger partial charge in [-0.15, -0.1) is 0 Å². The lowest BCUT2D eigenvalue weighted by Gasteiger charge is -2.21. The monoisotopic (exact) mass is 350 g/mol. The number of ether oxygens (including phenoxy) is 3. The Labute approximate surface area is 150 Å². The smallest absolute Gasteiger partial charge is 0.191 e. The molecule has 1 aromatic heterocycles. The molecule has 140 valence electrons. The lowest BCUT2D eigenvalue weighted by atomic mass is 10.0. The first-order chi connectivity index (χ1) is 12.4. The summed E-state index contributed by atoms with van der Waals surface area (Å²) in [7, 11) is 1.76. The molecule has 1 saturated heterocycles. The SMILES string of the molecule is CN=C(NCCCOCC1CCOCC1)NCCOc1cccnc1. The van der Waals surface area contributed by atoms with Gasteiger partial charge in [-0.05, 0) is 37.3 Å². The summed E-state index contributed by atoms with van der Waals surface area (Å²) < 4.78 is 16.7. The van der Waals surface area contributed by atoms with Crippen LogP contribution in [-0.2, 0) is 9.47 Å². The van der Waals surface area contributed by atoms with E-state index in [9.17, 15) is 0 Å². The minimum absolute atomic E-state index is 0.556. The fraction of sp³-hybridized carbons (Fsp3) is 0.667. The molecule has 0 aromatic carbocycles. The third-order valence-corrected chi connectivity index (χ3v) is 3.97. The lowest BCUT2D eigenvalue weighted by Crippen LogP contribution is -2.39. The first-order valence-electron chi connectivity index (χ1n) is 9.01. The van der Waals surface area contributed by atoms with E-state index in [2.05, 4.69) is 20.6 Å². The molecule has 2 heterocycles. The van der Waals surface area contributed by atoms with Crippen molar-refractivity contribution >= 4 is 5.96 Å². The molecule has 0 amide bonds. The van der Waals surface area contributed by atoms with Crippen molar-refractivity contribution in [1.82, 2.24) is 15.6 Å². The molecule has 1 fully saturated rings. The number of aliphatic imine (C=N–C) groups is 1. The van der Waals surface area contributed by atoms with Gasteiger partial charge in [0.1, 0.15) is 12.4 Å². The van der Waals surface area contributed by atoms with Crippen molar-refractivity contribution < 1.29 is 14.2 Å². The van der Waals surface area contributed by atoms with Crippen molar-refractivity contribution in [3.05, 3.63) is 24.5 Å². The van der Waals surface area contributed by atoms with Gasteiger partial charge in [0.2, 0.25) is 0 Å². The first kappa shape index (κ1) is 19.5. The number of pyridine rings is 1. The molecule has 0 saturated carbocycles. The van der Waals surface area contributed by atoms with Crippen LogP contribution in [0.1, 0.15) is 19.3 Å². The minimum atomic E-state index is 0.556. The van der Waals surface area contributed by atoms with E-state index in [0.29, 0.717) is 19.1 Å². The maximum absolute atomic E-state index is 5.75. The van der Waals surface area contributed by atoms with Crippen LogP contribution in [0.25, 0.3) is 0 Å². The molecule has 0 bridgehead atoms. The van der Waals surface area contributed by atoms with Gasteiger partial charge >= 0.3 is 0 Å². The van der Waals surface area contributed by atoms with Crippen LogP contribution in [-0.4, -0.2) is 64.1 Å². The largest absolute Gasteiger partial charge is 0.490 e. The van der Waals surface area contributed by atoms with Gasteiger partial charge < -0.3 is 24.8 Å². The number of rotatable bonds is 10. The summed E-state index contributed by atoms with van der Waals surface area (Å²) in [5.74, 6) is 2.21. The van der Waals surface area contributed by atoms with Crippen LogP contribution < -0.4 is 15.4 Å². The Morgan fingerprint density at radius 2 is 2.12 bits per heavy atom. The molecule has 1 aliphatic rings. The molecule has 7 nitrogen and oxygen atoms in total. The first-order valence-corrected chi connectivity index (χ1v) is 9.01. The third-order valence-electron chi connectivity index (χ3n) is 3.97. The van der Waals surface area contributed by atoms with Crippen LogP contribution in [0.2, 0.25) is 0 Å². The van der Waals surface area contributed by atoms with Crippen LogP contribution in [0.4, 0.5) is 0 Å². The van der Waals surface area contributed by atoms with Crippen LogP contribution in [0.3, 0.4) is 0 Å². The average Bonchev–Trinajstić information content (AvgIpc) is 2.67. The van der Waals surface area contributed by atoms with E-state index in [-0.39, 0.29) is 0 Å². The summed E-state index contributed by atoms with van der Waals surface area (Å²) >= 11 is 0. The van der Waals surface area contributed by atoms with Gasteiger partial charge in [-0.3, -0.25) is 9.98 Å². The molecular formula is C18H30N4O3. The zero-order chi connectivity index (χ0) is 17.6. The molecule has 0 aliphatic carbocycles. The highest BCUT2D eigenvalue weighted by Gasteiger charge is 2.13. The second-order valence-corrected chi connectivity index (χ2v) is 5.95. The number of nitrogens with zero attached hydrogens (tertiary/aromatic N) is 2. The van der Waals surface area contributed by atoms with E-state index in [0.717, 1.165) is 63.9 Å². The van der Waals surface area contributed by atoms with Gasteiger partial charge in [-0.2, -0.15) is 0 Å². The van der Waals surface area contributed by atoms with Crippen LogP contribution in [0.15, 0.2) is 29.5 Å². The quantitative estimate of drug-likeness (QED) is 0.378. The second-order valence-electron chi connectivity index (χ2n) is 5.95. The van der Waals surface area contributed by atoms with E-state index < -0.39 is 0 Å². The Morgan fingerprint density at radius 1 is 1.28 bits per heavy atom. The number of guanidine groups is 1. The number of aromatic nitrogens is 1. The van der Waals surface area contributed by atoms with Gasteiger partial charge in [0, 0.05) is 46.2 Å². The predicted octanol–water partition coefficient (Wildman–Crippen LogP) is 1.46. The molecule has 0 radical (unpaired) electrons. The summed E-state index contributed by atoms with van der Waals surface area (Å²) in [6, 6.07) is 3.74. The van der Waals surface area contributed by atoms with Crippen LogP contribution in [0, 0.1) is 5.92 Å². The second kappa shape index (κ2) is 12.5. The standard InChI is InChI=1S/C18H30N4O3/c1-19-18(22-9-13-25-17-4-2-7-20-14-17)21-8-3-10-24-15-16-5-11-23-12-6-16/h2,4,7,14,16H,3,5-6,8-13,15H2,1H3,(H2,19,21,22). The van der Waals surface area contributed by atoms with Gasteiger partial charge in [0.05, 0.1) is 12.7 Å². The Morgan fingerprint density at radius 3 is 2.88 bits per heavy atom. The van der Waals surface area contributed by atoms with Crippen LogP contribution in [0.5, 0.6) is 5.75 Å². The highest BCUT2D eigenvalue weighted by Crippen LogP contribution is 2.14. The van der Waals surface area contributed by atoms with E-state index >= 15 is 0 Å². The zero-order valence-electron chi connectivity index (χ0n) is 15.1. The number of hydrogen-bond donors (Lipinski definition) is 2. The molecule has 2 rings (SSSR count). The number of hydrogen-bond acceptors (Lipinski definition) is 5. The van der Waals surface area contributed by atoms with Gasteiger partial charge in [-0.25, -0.2) is 0 Å². The summed E-state index contributed by atoms with van der Waals surface area (Å²) in [6.07, 6.45) is 6.62. The molecule has 1 aliphatic heterocycles. The molecule has 25 heavy (non-hydrogen) atoms. The highest BCUT2D eigenvalue weighted by atomic mass is 16.5. The fourth-order valence-corrected chi connectivity index (χ4v) is 2.54. The Bertz CT molecular complexity index is 478. The van der Waals surface area contributed by atoms with Crippen molar-refractivity contribution in [3.63, 3.8) is 0 Å². The van der Waals surface area contributed by atoms with Gasteiger partial charge in [0.25, 0.3) is 0 Å². The molecule has 0 atom stereocenters. The van der Waals surface area contributed by atoms with Crippen molar-refractivity contribution in [3.8, 4) is 5.75 Å². The summed E-state index contributed by atoms with van der Waals surface area (Å²) in [6.45, 7) is 5.43. The molecule has 2 N–H and O–H groups in total. The molecule has 7 heteroatoms. The Hall–Kier alpha value is -1.86. The normalized spacial score (nSPS) is 15.8. The lowest BCUT2D eigenvalue weighted by molar-refractivity contribution is 0.0203. The van der Waals surface area contributed by atoms with Crippen molar-refractivity contribution in [1.29, 1.82) is 0 Å². The molecule has 0 unspecified atom stereocenters. The Balaban J connectivity index is 1.44.